The molecule has 0 N–H and O–H groups in total. The smallest absolute Gasteiger partial charge is 0.0146 e. The van der Waals surface area contributed by atoms with Crippen LogP contribution >= 0.6 is 0 Å². The maximum Gasteiger partial charge on any atom is -0.0146 e. The van der Waals surface area contributed by atoms with E-state index in [4.69, 9.17) is 0 Å². The van der Waals surface area contributed by atoms with Crippen molar-refractivity contribution in [3.05, 3.63) is 12.2 Å². The minimum Gasteiger partial charge on any atom is -0.0996 e. The molecule has 2 bridgehead atoms. The third-order valence-electron chi connectivity index (χ3n) is 6.35. The van der Waals surface area contributed by atoms with Crippen molar-refractivity contribution >= 4 is 0 Å². The molecule has 0 aromatic carbocycles. The molecule has 0 nitrogen and oxygen atoms in total. The average Bonchev–Trinajstić information content (AvgIpc) is 2.57. The van der Waals surface area contributed by atoms with E-state index in [0.29, 0.717) is 5.41 Å². The largest absolute Gasteiger partial charge is 0.0996 e. The molecule has 15 heavy (non-hydrogen) atoms. The fourth-order valence-corrected chi connectivity index (χ4v) is 5.44. The molecular weight excluding hydrogens is 180 g/mol. The van der Waals surface area contributed by atoms with Crippen LogP contribution < -0.4 is 0 Å². The highest BCUT2D eigenvalue weighted by Gasteiger charge is 2.63. The van der Waals surface area contributed by atoms with Gasteiger partial charge in [-0.25, -0.2) is 0 Å². The molecule has 0 amide bonds. The van der Waals surface area contributed by atoms with Gasteiger partial charge in [0.15, 0.2) is 0 Å². The fourth-order valence-electron chi connectivity index (χ4n) is 5.44. The van der Waals surface area contributed by atoms with E-state index in [1.165, 1.54) is 32.1 Å². The Labute approximate surface area is 94.1 Å². The van der Waals surface area contributed by atoms with Crippen molar-refractivity contribution in [1.82, 2.24) is 0 Å². The summed E-state index contributed by atoms with van der Waals surface area (Å²) in [5.74, 6) is 2.79. The van der Waals surface area contributed by atoms with Gasteiger partial charge in [-0.05, 0) is 60.7 Å². The van der Waals surface area contributed by atoms with Gasteiger partial charge in [0.2, 0.25) is 0 Å². The van der Waals surface area contributed by atoms with Gasteiger partial charge in [0.25, 0.3) is 0 Å². The van der Waals surface area contributed by atoms with Crippen LogP contribution in [0.4, 0.5) is 0 Å². The van der Waals surface area contributed by atoms with Crippen LogP contribution in [0.2, 0.25) is 0 Å². The van der Waals surface area contributed by atoms with Crippen LogP contribution in [-0.4, -0.2) is 0 Å². The molecule has 0 heteroatoms. The number of allylic oxidation sites excluding steroid dienone is 1. The topological polar surface area (TPSA) is 0 Å². The van der Waals surface area contributed by atoms with Crippen molar-refractivity contribution in [3.63, 3.8) is 0 Å². The fraction of sp³-hybridized carbons (Fsp3) is 0.867. The van der Waals surface area contributed by atoms with E-state index in [0.717, 1.165) is 23.2 Å². The summed E-state index contributed by atoms with van der Waals surface area (Å²) >= 11 is 0. The van der Waals surface area contributed by atoms with Crippen LogP contribution in [0, 0.1) is 28.6 Å². The molecule has 0 saturated heterocycles. The summed E-state index contributed by atoms with van der Waals surface area (Å²) < 4.78 is 0. The van der Waals surface area contributed by atoms with E-state index in [2.05, 4.69) is 27.4 Å². The zero-order chi connectivity index (χ0) is 10.8. The van der Waals surface area contributed by atoms with Gasteiger partial charge in [-0.3, -0.25) is 0 Å². The van der Waals surface area contributed by atoms with Crippen LogP contribution in [0.1, 0.15) is 52.9 Å². The van der Waals surface area contributed by atoms with Crippen molar-refractivity contribution in [2.75, 3.05) is 0 Å². The predicted octanol–water partition coefficient (Wildman–Crippen LogP) is 4.42. The molecule has 1 unspecified atom stereocenters. The van der Waals surface area contributed by atoms with E-state index in [1.54, 1.807) is 5.57 Å². The second-order valence-electron chi connectivity index (χ2n) is 7.00. The predicted molar refractivity (Wildman–Crippen MR) is 64.6 cm³/mol. The number of rotatable bonds is 0. The summed E-state index contributed by atoms with van der Waals surface area (Å²) in [5.41, 5.74) is 2.82. The van der Waals surface area contributed by atoms with Gasteiger partial charge in [0, 0.05) is 0 Å². The van der Waals surface area contributed by atoms with E-state index in [9.17, 15) is 0 Å². The molecule has 3 fully saturated rings. The minimum atomic E-state index is 0.540. The monoisotopic (exact) mass is 204 g/mol. The summed E-state index contributed by atoms with van der Waals surface area (Å²) in [6.07, 6.45) is 7.18. The maximum atomic E-state index is 4.34. The molecule has 0 radical (unpaired) electrons. The lowest BCUT2D eigenvalue weighted by molar-refractivity contribution is 0.118. The standard InChI is InChI=1S/C15H24/c1-10-7-8-15-9-12(10)14(3,4)13(15)6-5-11(15)2/h11-13H,1,5-9H2,2-4H3/t11-,12+,13?,15-/m1/s1. The van der Waals surface area contributed by atoms with Gasteiger partial charge in [0.1, 0.15) is 0 Å². The molecular formula is C15H24. The van der Waals surface area contributed by atoms with Gasteiger partial charge in [0.05, 0.1) is 0 Å². The van der Waals surface area contributed by atoms with E-state index in [1.807, 2.05) is 0 Å². The maximum absolute atomic E-state index is 4.34. The lowest BCUT2D eigenvalue weighted by Gasteiger charge is -2.38. The number of hydrogen-bond acceptors (Lipinski definition) is 0. The van der Waals surface area contributed by atoms with E-state index >= 15 is 0 Å². The Kier molecular flexibility index (Phi) is 1.79. The molecule has 0 aromatic heterocycles. The summed E-state index contributed by atoms with van der Waals surface area (Å²) in [6.45, 7) is 11.9. The van der Waals surface area contributed by atoms with Gasteiger partial charge in [-0.2, -0.15) is 0 Å². The lowest BCUT2D eigenvalue weighted by atomic mass is 9.67. The molecule has 0 aromatic rings. The third-order valence-corrected chi connectivity index (χ3v) is 6.35. The normalized spacial score (nSPS) is 51.9. The SMILES string of the molecule is C=C1CC[C@]23C[C@@H]1C(C)(C)C2CC[C@H]3C. The van der Waals surface area contributed by atoms with Gasteiger partial charge in [-0.1, -0.05) is 32.9 Å². The highest BCUT2D eigenvalue weighted by molar-refractivity contribution is 5.23. The molecule has 1 spiro atoms. The highest BCUT2D eigenvalue weighted by Crippen LogP contribution is 2.72. The molecule has 0 aliphatic heterocycles. The molecule has 4 atom stereocenters. The van der Waals surface area contributed by atoms with Crippen molar-refractivity contribution in [1.29, 1.82) is 0 Å². The molecule has 0 heterocycles. The first-order valence-electron chi connectivity index (χ1n) is 6.66. The molecule has 3 saturated carbocycles. The van der Waals surface area contributed by atoms with Crippen LogP contribution in [0.15, 0.2) is 12.2 Å². The zero-order valence-corrected chi connectivity index (χ0v) is 10.5. The number of fused-ring (bicyclic) bond motifs is 1. The van der Waals surface area contributed by atoms with Crippen molar-refractivity contribution < 1.29 is 0 Å². The Bertz CT molecular complexity index is 312. The van der Waals surface area contributed by atoms with Crippen LogP contribution in [0.3, 0.4) is 0 Å². The summed E-state index contributed by atoms with van der Waals surface area (Å²) in [4.78, 5) is 0. The second kappa shape index (κ2) is 2.70. The van der Waals surface area contributed by atoms with Crippen LogP contribution in [-0.2, 0) is 0 Å². The zero-order valence-electron chi connectivity index (χ0n) is 10.5. The van der Waals surface area contributed by atoms with E-state index < -0.39 is 0 Å². The van der Waals surface area contributed by atoms with Crippen LogP contribution in [0.5, 0.6) is 0 Å². The average molecular weight is 204 g/mol. The van der Waals surface area contributed by atoms with Crippen molar-refractivity contribution in [3.8, 4) is 0 Å². The molecule has 3 rings (SSSR count). The Hall–Kier alpha value is -0.260. The minimum absolute atomic E-state index is 0.540. The summed E-state index contributed by atoms with van der Waals surface area (Å²) in [5, 5.41) is 0. The molecule has 84 valence electrons. The Morgan fingerprint density at radius 1 is 1.27 bits per heavy atom. The Balaban J connectivity index is 2.08. The molecule has 3 aliphatic carbocycles. The van der Waals surface area contributed by atoms with Gasteiger partial charge < -0.3 is 0 Å². The van der Waals surface area contributed by atoms with Gasteiger partial charge in [-0.15, -0.1) is 0 Å². The van der Waals surface area contributed by atoms with E-state index in [-0.39, 0.29) is 0 Å². The summed E-state index contributed by atoms with van der Waals surface area (Å²) in [6, 6.07) is 0. The first-order valence-corrected chi connectivity index (χ1v) is 6.66. The summed E-state index contributed by atoms with van der Waals surface area (Å²) in [7, 11) is 0. The second-order valence-corrected chi connectivity index (χ2v) is 7.00. The first kappa shape index (κ1) is 9.93. The quantitative estimate of drug-likeness (QED) is 0.513. The molecule has 3 aliphatic rings. The first-order chi connectivity index (χ1) is 6.98. The van der Waals surface area contributed by atoms with Gasteiger partial charge >= 0.3 is 0 Å². The third kappa shape index (κ3) is 0.990. The lowest BCUT2D eigenvalue weighted by Crippen LogP contribution is -2.30. The van der Waals surface area contributed by atoms with Crippen molar-refractivity contribution in [2.45, 2.75) is 52.9 Å². The Morgan fingerprint density at radius 3 is 2.73 bits per heavy atom. The Morgan fingerprint density at radius 2 is 2.00 bits per heavy atom. The number of hydrogen-bond donors (Lipinski definition) is 0. The van der Waals surface area contributed by atoms with Crippen molar-refractivity contribution in [2.24, 2.45) is 28.6 Å². The highest BCUT2D eigenvalue weighted by atomic mass is 14.7. The van der Waals surface area contributed by atoms with Crippen LogP contribution in [0.25, 0.3) is 0 Å².